The average Bonchev–Trinajstić information content (AvgIpc) is 3.35. The Morgan fingerprint density at radius 3 is 2.58 bits per heavy atom. The quantitative estimate of drug-likeness (QED) is 0.795. The lowest BCUT2D eigenvalue weighted by Crippen LogP contribution is -2.55. The zero-order valence-corrected chi connectivity index (χ0v) is 17.1. The van der Waals surface area contributed by atoms with Gasteiger partial charge in [-0.1, -0.05) is 0 Å². The van der Waals surface area contributed by atoms with Crippen LogP contribution in [0.3, 0.4) is 0 Å². The zero-order valence-electron chi connectivity index (χ0n) is 17.1. The Labute approximate surface area is 178 Å². The van der Waals surface area contributed by atoms with Gasteiger partial charge in [0.15, 0.2) is 0 Å². The lowest BCUT2D eigenvalue weighted by atomic mass is 9.97. The van der Waals surface area contributed by atoms with Crippen molar-refractivity contribution in [3.8, 4) is 11.3 Å². The van der Waals surface area contributed by atoms with E-state index in [2.05, 4.69) is 14.9 Å². The Morgan fingerprint density at radius 1 is 1.06 bits per heavy atom. The van der Waals surface area contributed by atoms with Gasteiger partial charge < -0.3 is 20.3 Å². The second kappa shape index (κ2) is 6.94. The van der Waals surface area contributed by atoms with Crippen LogP contribution in [0, 0.1) is 11.8 Å². The zero-order chi connectivity index (χ0) is 21.2. The van der Waals surface area contributed by atoms with Crippen LogP contribution >= 0.6 is 0 Å². The van der Waals surface area contributed by atoms with E-state index in [9.17, 15) is 8.78 Å². The van der Waals surface area contributed by atoms with E-state index < -0.39 is 11.8 Å². The monoisotopic (exact) mass is 429 g/mol. The van der Waals surface area contributed by atoms with Gasteiger partial charge in [-0.2, -0.15) is 4.98 Å². The van der Waals surface area contributed by atoms with Crippen molar-refractivity contribution >= 4 is 17.7 Å². The van der Waals surface area contributed by atoms with E-state index in [0.717, 1.165) is 30.8 Å². The van der Waals surface area contributed by atoms with Gasteiger partial charge in [0.25, 0.3) is 5.92 Å². The largest absolute Gasteiger partial charge is 0.374 e. The van der Waals surface area contributed by atoms with Gasteiger partial charge in [-0.05, 0) is 25.2 Å². The highest BCUT2D eigenvalue weighted by Crippen LogP contribution is 2.49. The molecule has 4 aliphatic heterocycles. The van der Waals surface area contributed by atoms with Crippen molar-refractivity contribution in [3.63, 3.8) is 0 Å². The number of nitrogens with zero attached hydrogens (tertiary/aromatic N) is 6. The average molecular weight is 429 g/mol. The number of morpholine rings is 1. The second-order valence-electron chi connectivity index (χ2n) is 9.15. The number of aromatic nitrogens is 4. The molecule has 2 bridgehead atoms. The maximum atomic E-state index is 14.3. The summed E-state index contributed by atoms with van der Waals surface area (Å²) in [6.45, 7) is 2.32. The van der Waals surface area contributed by atoms with Gasteiger partial charge >= 0.3 is 0 Å². The molecule has 2 N–H and O–H groups in total. The highest BCUT2D eigenvalue weighted by molar-refractivity contribution is 5.64. The molecule has 6 heterocycles. The third-order valence-electron chi connectivity index (χ3n) is 7.26. The second-order valence-corrected chi connectivity index (χ2v) is 9.15. The van der Waals surface area contributed by atoms with Crippen LogP contribution in [-0.2, 0) is 4.74 Å². The molecule has 1 aliphatic carbocycles. The Morgan fingerprint density at radius 2 is 1.90 bits per heavy atom. The first-order valence-electron chi connectivity index (χ1n) is 10.9. The molecule has 0 radical (unpaired) electrons. The van der Waals surface area contributed by atoms with Gasteiger partial charge in [-0.3, -0.25) is 0 Å². The first kappa shape index (κ1) is 19.1. The topological polar surface area (TPSA) is 93.3 Å². The number of hydrogen-bond donors (Lipinski definition) is 1. The fourth-order valence-electron chi connectivity index (χ4n) is 5.53. The molecule has 4 atom stereocenters. The van der Waals surface area contributed by atoms with Gasteiger partial charge in [0.2, 0.25) is 11.9 Å². The summed E-state index contributed by atoms with van der Waals surface area (Å²) in [5.41, 5.74) is 7.04. The number of hydrogen-bond acceptors (Lipinski definition) is 8. The van der Waals surface area contributed by atoms with Crippen molar-refractivity contribution in [2.24, 2.45) is 11.8 Å². The molecule has 2 aromatic rings. The number of alkyl halides is 2. The molecule has 0 amide bonds. The molecular weight excluding hydrogens is 404 g/mol. The Balaban J connectivity index is 1.38. The van der Waals surface area contributed by atoms with E-state index >= 15 is 0 Å². The summed E-state index contributed by atoms with van der Waals surface area (Å²) in [7, 11) is 0. The third-order valence-corrected chi connectivity index (χ3v) is 7.26. The van der Waals surface area contributed by atoms with Crippen LogP contribution in [0.4, 0.5) is 26.5 Å². The van der Waals surface area contributed by atoms with Crippen molar-refractivity contribution in [2.45, 2.75) is 43.8 Å². The maximum Gasteiger partial charge on any atom is 0.252 e. The molecule has 7 rings (SSSR count). The molecule has 0 spiro atoms. The van der Waals surface area contributed by atoms with Gasteiger partial charge in [0.1, 0.15) is 5.82 Å². The summed E-state index contributed by atoms with van der Waals surface area (Å²) in [4.78, 5) is 22.0. The Bertz CT molecular complexity index is 980. The number of anilines is 3. The van der Waals surface area contributed by atoms with Crippen LogP contribution in [0.25, 0.3) is 11.3 Å². The summed E-state index contributed by atoms with van der Waals surface area (Å²) in [5, 5.41) is 0. The summed E-state index contributed by atoms with van der Waals surface area (Å²) in [6, 6.07) is 2.20. The number of piperidine rings is 1. The van der Waals surface area contributed by atoms with E-state index in [0.29, 0.717) is 31.2 Å². The maximum absolute atomic E-state index is 14.3. The molecule has 4 saturated heterocycles. The highest BCUT2D eigenvalue weighted by atomic mass is 19.3. The summed E-state index contributed by atoms with van der Waals surface area (Å²) in [5.74, 6) is -1.74. The number of fused-ring (bicyclic) bond motifs is 4. The Hall–Kier alpha value is -2.62. The first-order chi connectivity index (χ1) is 15.0. The van der Waals surface area contributed by atoms with Crippen molar-refractivity contribution in [1.29, 1.82) is 0 Å². The SMILES string of the molecule is Nc1ncc(-c2cc(N3C[C@@H]4CC[C@H]3CO4)nc(N3C[C@H]4CCC(F)(F)[C@H]4C3)n2)cn1. The van der Waals surface area contributed by atoms with Crippen molar-refractivity contribution < 1.29 is 13.5 Å². The standard InChI is InChI=1S/C21H25F2N7O/c22-21(23)4-3-12-8-29(10-16(12)21)20-27-17(13-6-25-19(24)26-7-13)5-18(28-20)30-9-15-2-1-14(30)11-31-15/h5-7,12,14-16H,1-4,8-11H2,(H2,24,25,26)/t12-,14+,15+,16+/m1/s1. The van der Waals surface area contributed by atoms with E-state index in [1.54, 1.807) is 12.4 Å². The first-order valence-corrected chi connectivity index (χ1v) is 10.9. The van der Waals surface area contributed by atoms with Crippen LogP contribution in [0.2, 0.25) is 0 Å². The van der Waals surface area contributed by atoms with E-state index in [1.165, 1.54) is 0 Å². The molecule has 5 aliphatic rings. The fourth-order valence-corrected chi connectivity index (χ4v) is 5.53. The molecule has 0 unspecified atom stereocenters. The molecular formula is C21H25F2N7O. The minimum atomic E-state index is -2.60. The molecule has 164 valence electrons. The van der Waals surface area contributed by atoms with Crippen LogP contribution in [0.1, 0.15) is 25.7 Å². The van der Waals surface area contributed by atoms with Crippen molar-refractivity contribution in [2.75, 3.05) is 41.8 Å². The molecule has 10 heteroatoms. The lowest BCUT2D eigenvalue weighted by Gasteiger charge is -2.45. The number of halogens is 2. The van der Waals surface area contributed by atoms with E-state index in [4.69, 9.17) is 20.4 Å². The van der Waals surface area contributed by atoms with Crippen molar-refractivity contribution in [3.05, 3.63) is 18.5 Å². The van der Waals surface area contributed by atoms with Crippen LogP contribution in [-0.4, -0.2) is 64.2 Å². The Kier molecular flexibility index (Phi) is 4.28. The van der Waals surface area contributed by atoms with Gasteiger partial charge in [0, 0.05) is 56.0 Å². The molecule has 0 aromatic carbocycles. The van der Waals surface area contributed by atoms with Gasteiger partial charge in [-0.15, -0.1) is 0 Å². The molecule has 1 saturated carbocycles. The van der Waals surface area contributed by atoms with Crippen LogP contribution in [0.5, 0.6) is 0 Å². The van der Waals surface area contributed by atoms with Crippen molar-refractivity contribution in [1.82, 2.24) is 19.9 Å². The molecule has 31 heavy (non-hydrogen) atoms. The number of ether oxygens (including phenoxy) is 1. The van der Waals surface area contributed by atoms with Gasteiger partial charge in [-0.25, -0.2) is 23.7 Å². The molecule has 5 fully saturated rings. The summed E-state index contributed by atoms with van der Waals surface area (Å²) >= 11 is 0. The lowest BCUT2D eigenvalue weighted by molar-refractivity contribution is -0.0351. The van der Waals surface area contributed by atoms with E-state index in [-0.39, 0.29) is 37.0 Å². The number of rotatable bonds is 3. The van der Waals surface area contributed by atoms with Gasteiger partial charge in [0.05, 0.1) is 24.4 Å². The predicted octanol–water partition coefficient (Wildman–Crippen LogP) is 2.36. The summed E-state index contributed by atoms with van der Waals surface area (Å²) in [6.07, 6.45) is 6.14. The molecule has 8 nitrogen and oxygen atoms in total. The normalized spacial score (nSPS) is 31.3. The fraction of sp³-hybridized carbons (Fsp3) is 0.619. The smallest absolute Gasteiger partial charge is 0.252 e. The highest BCUT2D eigenvalue weighted by Gasteiger charge is 2.54. The number of nitrogens with two attached hydrogens (primary N) is 1. The number of nitrogen functional groups attached to an aromatic ring is 1. The summed E-state index contributed by atoms with van der Waals surface area (Å²) < 4.78 is 34.5. The third kappa shape index (κ3) is 3.28. The van der Waals surface area contributed by atoms with Crippen LogP contribution in [0.15, 0.2) is 18.5 Å². The molecule has 2 aromatic heterocycles. The minimum Gasteiger partial charge on any atom is -0.374 e. The van der Waals surface area contributed by atoms with Crippen LogP contribution < -0.4 is 15.5 Å². The predicted molar refractivity (Wildman–Crippen MR) is 111 cm³/mol. The minimum absolute atomic E-state index is 0.00929. The van der Waals surface area contributed by atoms with E-state index in [1.807, 2.05) is 11.0 Å².